The summed E-state index contributed by atoms with van der Waals surface area (Å²) in [7, 11) is 0. The molecule has 0 aromatic carbocycles. The van der Waals surface area contributed by atoms with Gasteiger partial charge < -0.3 is 9.67 Å². The Bertz CT molecular complexity index is 447. The van der Waals surface area contributed by atoms with Crippen molar-refractivity contribution in [2.24, 2.45) is 0 Å². The van der Waals surface area contributed by atoms with Crippen LogP contribution in [0.5, 0.6) is 0 Å². The highest BCUT2D eigenvalue weighted by Gasteiger charge is 2.17. The summed E-state index contributed by atoms with van der Waals surface area (Å²) in [5, 5.41) is 8.84. The fraction of sp³-hybridized carbons (Fsp3) is 0.545. The summed E-state index contributed by atoms with van der Waals surface area (Å²) in [5.41, 5.74) is -0.910. The van der Waals surface area contributed by atoms with Crippen LogP contribution in [0.3, 0.4) is 0 Å². The summed E-state index contributed by atoms with van der Waals surface area (Å²) in [4.78, 5) is 25.6. The number of carboxylic acid groups (broad SMARTS) is 1. The van der Waals surface area contributed by atoms with Crippen LogP contribution in [0.2, 0.25) is 0 Å². The number of nitrogens with zero attached hydrogens (tertiary/aromatic N) is 2. The van der Waals surface area contributed by atoms with Crippen LogP contribution >= 0.6 is 0 Å². The molecule has 5 heteroatoms. The lowest BCUT2D eigenvalue weighted by Crippen LogP contribution is -2.23. The monoisotopic (exact) mass is 222 g/mol. The third-order valence-electron chi connectivity index (χ3n) is 3.04. The van der Waals surface area contributed by atoms with Crippen molar-refractivity contribution < 1.29 is 9.90 Å². The van der Waals surface area contributed by atoms with Crippen molar-refractivity contribution in [3.8, 4) is 0 Å². The van der Waals surface area contributed by atoms with Crippen molar-refractivity contribution in [2.45, 2.75) is 38.1 Å². The zero-order valence-corrected chi connectivity index (χ0v) is 8.93. The second-order valence-corrected chi connectivity index (χ2v) is 4.14. The van der Waals surface area contributed by atoms with Gasteiger partial charge in [0.15, 0.2) is 0 Å². The summed E-state index contributed by atoms with van der Waals surface area (Å²) in [6, 6.07) is 0.292. The van der Waals surface area contributed by atoms with Gasteiger partial charge in [-0.15, -0.1) is 0 Å². The molecule has 0 spiro atoms. The van der Waals surface area contributed by atoms with Gasteiger partial charge in [0.05, 0.1) is 6.33 Å². The lowest BCUT2D eigenvalue weighted by atomic mass is 9.95. The molecule has 0 radical (unpaired) electrons. The van der Waals surface area contributed by atoms with Gasteiger partial charge in [0.2, 0.25) is 0 Å². The van der Waals surface area contributed by atoms with Crippen LogP contribution in [-0.2, 0) is 0 Å². The van der Waals surface area contributed by atoms with E-state index in [0.29, 0.717) is 6.04 Å². The van der Waals surface area contributed by atoms with Crippen molar-refractivity contribution in [3.05, 3.63) is 28.4 Å². The van der Waals surface area contributed by atoms with Crippen molar-refractivity contribution in [1.82, 2.24) is 9.55 Å². The molecule has 1 aromatic heterocycles. The molecule has 1 heterocycles. The van der Waals surface area contributed by atoms with Crippen molar-refractivity contribution in [3.63, 3.8) is 0 Å². The van der Waals surface area contributed by atoms with Crippen LogP contribution in [0.15, 0.2) is 17.3 Å². The molecule has 0 bridgehead atoms. The molecule has 0 saturated heterocycles. The Balaban J connectivity index is 2.31. The Labute approximate surface area is 92.7 Å². The van der Waals surface area contributed by atoms with E-state index in [0.717, 1.165) is 25.7 Å². The minimum Gasteiger partial charge on any atom is -0.477 e. The number of carbonyl (C=O) groups is 1. The summed E-state index contributed by atoms with van der Waals surface area (Å²) in [5.74, 6) is -1.21. The van der Waals surface area contributed by atoms with E-state index in [9.17, 15) is 9.59 Å². The number of aromatic carboxylic acids is 1. The Morgan fingerprint density at radius 2 is 2.06 bits per heavy atom. The van der Waals surface area contributed by atoms with Crippen LogP contribution in [0.1, 0.15) is 48.5 Å². The quantitative estimate of drug-likeness (QED) is 0.821. The van der Waals surface area contributed by atoms with E-state index in [2.05, 4.69) is 4.98 Å². The van der Waals surface area contributed by atoms with Gasteiger partial charge in [-0.05, 0) is 12.8 Å². The van der Waals surface area contributed by atoms with Gasteiger partial charge in [0, 0.05) is 12.2 Å². The maximum Gasteiger partial charge on any atom is 0.342 e. The molecular weight excluding hydrogens is 208 g/mol. The third-order valence-corrected chi connectivity index (χ3v) is 3.04. The van der Waals surface area contributed by atoms with Gasteiger partial charge in [0.25, 0.3) is 5.56 Å². The number of hydrogen-bond donors (Lipinski definition) is 1. The number of rotatable bonds is 2. The number of aromatic nitrogens is 2. The first-order valence-corrected chi connectivity index (χ1v) is 5.49. The largest absolute Gasteiger partial charge is 0.477 e. The highest BCUT2D eigenvalue weighted by Crippen LogP contribution is 2.27. The van der Waals surface area contributed by atoms with Gasteiger partial charge in [0.1, 0.15) is 5.56 Å². The molecule has 1 saturated carbocycles. The predicted octanol–water partition coefficient (Wildman–Crippen LogP) is 1.45. The lowest BCUT2D eigenvalue weighted by Gasteiger charge is -2.24. The SMILES string of the molecule is O=C(O)c1cn(C2CCCCC2)cnc1=O. The van der Waals surface area contributed by atoms with Crippen LogP contribution in [0.25, 0.3) is 0 Å². The molecule has 1 N–H and O–H groups in total. The van der Waals surface area contributed by atoms with Crippen molar-refractivity contribution >= 4 is 5.97 Å². The van der Waals surface area contributed by atoms with Crippen LogP contribution in [0.4, 0.5) is 0 Å². The zero-order chi connectivity index (χ0) is 11.5. The van der Waals surface area contributed by atoms with E-state index < -0.39 is 11.5 Å². The van der Waals surface area contributed by atoms with Gasteiger partial charge in [-0.2, -0.15) is 4.98 Å². The van der Waals surface area contributed by atoms with Crippen LogP contribution < -0.4 is 5.56 Å². The average Bonchev–Trinajstić information content (AvgIpc) is 2.30. The fourth-order valence-electron chi connectivity index (χ4n) is 2.15. The van der Waals surface area contributed by atoms with E-state index in [-0.39, 0.29) is 5.56 Å². The molecule has 2 rings (SSSR count). The Morgan fingerprint density at radius 3 is 2.69 bits per heavy atom. The Kier molecular flexibility index (Phi) is 3.03. The van der Waals surface area contributed by atoms with E-state index >= 15 is 0 Å². The molecule has 1 aliphatic rings. The van der Waals surface area contributed by atoms with Crippen LogP contribution in [-0.4, -0.2) is 20.6 Å². The van der Waals surface area contributed by atoms with E-state index in [1.54, 1.807) is 4.57 Å². The topological polar surface area (TPSA) is 72.2 Å². The van der Waals surface area contributed by atoms with Gasteiger partial charge >= 0.3 is 5.97 Å². The van der Waals surface area contributed by atoms with E-state index in [1.807, 2.05) is 0 Å². The molecule has 0 atom stereocenters. The van der Waals surface area contributed by atoms with Crippen molar-refractivity contribution in [2.75, 3.05) is 0 Å². The molecule has 0 amide bonds. The molecule has 5 nitrogen and oxygen atoms in total. The molecule has 0 unspecified atom stereocenters. The molecule has 1 aliphatic carbocycles. The summed E-state index contributed by atoms with van der Waals surface area (Å²) in [6.45, 7) is 0. The van der Waals surface area contributed by atoms with Gasteiger partial charge in [-0.1, -0.05) is 19.3 Å². The second kappa shape index (κ2) is 4.47. The lowest BCUT2D eigenvalue weighted by molar-refractivity contribution is 0.0693. The third kappa shape index (κ3) is 2.13. The van der Waals surface area contributed by atoms with Crippen LogP contribution in [0, 0.1) is 0 Å². The first-order valence-electron chi connectivity index (χ1n) is 5.49. The van der Waals surface area contributed by atoms with E-state index in [1.165, 1.54) is 18.9 Å². The molecule has 1 fully saturated rings. The molecule has 86 valence electrons. The molecular formula is C11H14N2O3. The average molecular weight is 222 g/mol. The Hall–Kier alpha value is -1.65. The summed E-state index contributed by atoms with van der Waals surface area (Å²) < 4.78 is 1.77. The Morgan fingerprint density at radius 1 is 1.38 bits per heavy atom. The maximum atomic E-state index is 11.2. The van der Waals surface area contributed by atoms with Crippen molar-refractivity contribution in [1.29, 1.82) is 0 Å². The molecule has 1 aromatic rings. The molecule has 0 aliphatic heterocycles. The highest BCUT2D eigenvalue weighted by molar-refractivity contribution is 5.86. The normalized spacial score (nSPS) is 17.2. The predicted molar refractivity (Wildman–Crippen MR) is 57.6 cm³/mol. The minimum absolute atomic E-state index is 0.243. The van der Waals surface area contributed by atoms with Gasteiger partial charge in [-0.25, -0.2) is 4.79 Å². The second-order valence-electron chi connectivity index (χ2n) is 4.14. The zero-order valence-electron chi connectivity index (χ0n) is 8.93. The summed E-state index contributed by atoms with van der Waals surface area (Å²) >= 11 is 0. The van der Waals surface area contributed by atoms with E-state index in [4.69, 9.17) is 5.11 Å². The molecule has 16 heavy (non-hydrogen) atoms. The highest BCUT2D eigenvalue weighted by atomic mass is 16.4. The smallest absolute Gasteiger partial charge is 0.342 e. The fourth-order valence-corrected chi connectivity index (χ4v) is 2.15. The first-order chi connectivity index (χ1) is 7.68. The number of hydrogen-bond acceptors (Lipinski definition) is 3. The standard InChI is InChI=1S/C11H14N2O3/c14-10-9(11(15)16)6-13(7-12-10)8-4-2-1-3-5-8/h6-8H,1-5H2,(H,15,16). The van der Waals surface area contributed by atoms with Gasteiger partial charge in [-0.3, -0.25) is 4.79 Å². The first kappa shape index (κ1) is 10.9. The minimum atomic E-state index is -1.21. The number of carboxylic acids is 1. The maximum absolute atomic E-state index is 11.2. The summed E-state index contributed by atoms with van der Waals surface area (Å²) in [6.07, 6.45) is 8.46.